The molecule has 1 N–H and O–H groups in total. The van der Waals surface area contributed by atoms with Crippen molar-refractivity contribution in [1.82, 2.24) is 0 Å². The van der Waals surface area contributed by atoms with Crippen LogP contribution in [-0.4, -0.2) is 7.11 Å². The van der Waals surface area contributed by atoms with E-state index in [9.17, 15) is 0 Å². The van der Waals surface area contributed by atoms with E-state index in [1.54, 1.807) is 7.11 Å². The van der Waals surface area contributed by atoms with Crippen LogP contribution >= 0.6 is 27.5 Å². The summed E-state index contributed by atoms with van der Waals surface area (Å²) in [5.41, 5.74) is 4.35. The lowest BCUT2D eigenvalue weighted by molar-refractivity contribution is 0.284. The highest BCUT2D eigenvalue weighted by Gasteiger charge is 2.12. The van der Waals surface area contributed by atoms with Crippen molar-refractivity contribution in [1.29, 1.82) is 0 Å². The topological polar surface area (TPSA) is 30.5 Å². The number of benzene rings is 3. The van der Waals surface area contributed by atoms with Crippen molar-refractivity contribution < 1.29 is 9.47 Å². The minimum atomic E-state index is 0.437. The summed E-state index contributed by atoms with van der Waals surface area (Å²) in [5.74, 6) is 1.19. The van der Waals surface area contributed by atoms with Crippen molar-refractivity contribution in [2.45, 2.75) is 20.1 Å². The predicted molar refractivity (Wildman–Crippen MR) is 115 cm³/mol. The molecule has 0 saturated carbocycles. The number of anilines is 1. The summed E-state index contributed by atoms with van der Waals surface area (Å²) in [6.45, 7) is 3.14. The van der Waals surface area contributed by atoms with Crippen molar-refractivity contribution in [3.63, 3.8) is 0 Å². The van der Waals surface area contributed by atoms with Crippen LogP contribution in [0.4, 0.5) is 5.69 Å². The van der Waals surface area contributed by atoms with E-state index in [0.29, 0.717) is 29.7 Å². The van der Waals surface area contributed by atoms with Gasteiger partial charge in [-0.1, -0.05) is 57.9 Å². The standard InChI is InChI=1S/C22H21BrClNO2/c1-15-10-18(23)8-9-20(15)25-13-17-11-19(24)22(21(12-17)26-2)27-14-16-6-4-3-5-7-16/h3-12,25H,13-14H2,1-2H3. The summed E-state index contributed by atoms with van der Waals surface area (Å²) >= 11 is 9.96. The van der Waals surface area contributed by atoms with E-state index in [-0.39, 0.29) is 0 Å². The molecule has 3 rings (SSSR count). The highest BCUT2D eigenvalue weighted by Crippen LogP contribution is 2.37. The molecule has 0 saturated heterocycles. The van der Waals surface area contributed by atoms with Gasteiger partial charge < -0.3 is 14.8 Å². The molecule has 0 aromatic heterocycles. The van der Waals surface area contributed by atoms with Gasteiger partial charge in [-0.2, -0.15) is 0 Å². The van der Waals surface area contributed by atoms with Gasteiger partial charge in [-0.05, 0) is 53.9 Å². The van der Waals surface area contributed by atoms with Crippen molar-refractivity contribution in [3.8, 4) is 11.5 Å². The summed E-state index contributed by atoms with van der Waals surface area (Å²) in [4.78, 5) is 0. The maximum absolute atomic E-state index is 6.47. The van der Waals surface area contributed by atoms with Gasteiger partial charge in [0, 0.05) is 16.7 Å². The molecular formula is C22H21BrClNO2. The van der Waals surface area contributed by atoms with E-state index < -0.39 is 0 Å². The van der Waals surface area contributed by atoms with Crippen molar-refractivity contribution >= 4 is 33.2 Å². The number of ether oxygens (including phenoxy) is 2. The van der Waals surface area contributed by atoms with Gasteiger partial charge in [0.25, 0.3) is 0 Å². The lowest BCUT2D eigenvalue weighted by atomic mass is 10.1. The predicted octanol–water partition coefficient (Wildman–Crippen LogP) is 6.61. The molecule has 0 bridgehead atoms. The second-order valence-corrected chi connectivity index (χ2v) is 7.52. The number of hydrogen-bond acceptors (Lipinski definition) is 3. The number of rotatable bonds is 7. The molecular weight excluding hydrogens is 426 g/mol. The van der Waals surface area contributed by atoms with Crippen LogP contribution in [0.25, 0.3) is 0 Å². The second kappa shape index (κ2) is 9.16. The minimum Gasteiger partial charge on any atom is -0.493 e. The molecule has 0 amide bonds. The highest BCUT2D eigenvalue weighted by molar-refractivity contribution is 9.10. The number of aryl methyl sites for hydroxylation is 1. The van der Waals surface area contributed by atoms with Crippen LogP contribution in [0, 0.1) is 6.92 Å². The molecule has 0 radical (unpaired) electrons. The fraction of sp³-hybridized carbons (Fsp3) is 0.182. The third kappa shape index (κ3) is 5.18. The highest BCUT2D eigenvalue weighted by atomic mass is 79.9. The molecule has 0 aliphatic heterocycles. The Morgan fingerprint density at radius 2 is 1.78 bits per heavy atom. The Balaban J connectivity index is 1.73. The number of halogens is 2. The molecule has 0 atom stereocenters. The first-order chi connectivity index (χ1) is 13.1. The molecule has 0 aliphatic rings. The summed E-state index contributed by atoms with van der Waals surface area (Å²) in [5, 5.41) is 3.97. The minimum absolute atomic E-state index is 0.437. The van der Waals surface area contributed by atoms with E-state index in [2.05, 4.69) is 40.3 Å². The van der Waals surface area contributed by atoms with E-state index in [0.717, 1.165) is 21.3 Å². The molecule has 0 heterocycles. The first-order valence-corrected chi connectivity index (χ1v) is 9.77. The fourth-order valence-corrected chi connectivity index (χ4v) is 3.53. The lowest BCUT2D eigenvalue weighted by Crippen LogP contribution is -2.03. The molecule has 27 heavy (non-hydrogen) atoms. The molecule has 3 nitrogen and oxygen atoms in total. The summed E-state index contributed by atoms with van der Waals surface area (Å²) in [7, 11) is 1.62. The van der Waals surface area contributed by atoms with Crippen LogP contribution in [0.15, 0.2) is 65.1 Å². The summed E-state index contributed by atoms with van der Waals surface area (Å²) in [6.07, 6.45) is 0. The van der Waals surface area contributed by atoms with Gasteiger partial charge in [-0.15, -0.1) is 0 Å². The van der Waals surface area contributed by atoms with Crippen molar-refractivity contribution in [2.75, 3.05) is 12.4 Å². The van der Waals surface area contributed by atoms with Gasteiger partial charge >= 0.3 is 0 Å². The SMILES string of the molecule is COc1cc(CNc2ccc(Br)cc2C)cc(Cl)c1OCc1ccccc1. The Kier molecular flexibility index (Phi) is 6.64. The van der Waals surface area contributed by atoms with Gasteiger partial charge in [-0.25, -0.2) is 0 Å². The second-order valence-electron chi connectivity index (χ2n) is 6.20. The fourth-order valence-electron chi connectivity index (χ4n) is 2.77. The number of nitrogens with one attached hydrogen (secondary N) is 1. The Hall–Kier alpha value is -2.17. The van der Waals surface area contributed by atoms with E-state index >= 15 is 0 Å². The van der Waals surface area contributed by atoms with Crippen LogP contribution in [-0.2, 0) is 13.2 Å². The molecule has 0 unspecified atom stereocenters. The normalized spacial score (nSPS) is 10.5. The van der Waals surface area contributed by atoms with Crippen LogP contribution in [0.5, 0.6) is 11.5 Å². The largest absolute Gasteiger partial charge is 0.493 e. The van der Waals surface area contributed by atoms with Crippen molar-refractivity contribution in [2.24, 2.45) is 0 Å². The van der Waals surface area contributed by atoms with Crippen LogP contribution in [0.3, 0.4) is 0 Å². The molecule has 140 valence electrons. The van der Waals surface area contributed by atoms with E-state index in [1.807, 2.05) is 48.5 Å². The van der Waals surface area contributed by atoms with Gasteiger partial charge in [0.05, 0.1) is 12.1 Å². The van der Waals surface area contributed by atoms with Gasteiger partial charge in [-0.3, -0.25) is 0 Å². The zero-order chi connectivity index (χ0) is 19.2. The number of hydrogen-bond donors (Lipinski definition) is 1. The number of methoxy groups -OCH3 is 1. The third-order valence-corrected chi connectivity index (χ3v) is 4.96. The van der Waals surface area contributed by atoms with Gasteiger partial charge in [0.1, 0.15) is 6.61 Å². The smallest absolute Gasteiger partial charge is 0.180 e. The summed E-state index contributed by atoms with van der Waals surface area (Å²) < 4.78 is 12.5. The molecule has 0 spiro atoms. The van der Waals surface area contributed by atoms with E-state index in [1.165, 1.54) is 5.56 Å². The zero-order valence-corrected chi connectivity index (χ0v) is 17.6. The lowest BCUT2D eigenvalue weighted by Gasteiger charge is -2.15. The Labute approximate surface area is 173 Å². The monoisotopic (exact) mass is 445 g/mol. The molecule has 3 aromatic carbocycles. The molecule has 0 fully saturated rings. The third-order valence-electron chi connectivity index (χ3n) is 4.19. The first kappa shape index (κ1) is 19.6. The first-order valence-electron chi connectivity index (χ1n) is 8.60. The Bertz CT molecular complexity index is 916. The average Bonchev–Trinajstić information content (AvgIpc) is 2.67. The Morgan fingerprint density at radius 3 is 2.48 bits per heavy atom. The maximum atomic E-state index is 6.47. The van der Waals surface area contributed by atoms with Gasteiger partial charge in [0.2, 0.25) is 0 Å². The zero-order valence-electron chi connectivity index (χ0n) is 15.3. The Morgan fingerprint density at radius 1 is 1.00 bits per heavy atom. The summed E-state index contributed by atoms with van der Waals surface area (Å²) in [6, 6.07) is 20.0. The van der Waals surface area contributed by atoms with Crippen LogP contribution in [0.1, 0.15) is 16.7 Å². The maximum Gasteiger partial charge on any atom is 0.180 e. The quantitative estimate of drug-likeness (QED) is 0.443. The van der Waals surface area contributed by atoms with Crippen LogP contribution in [0.2, 0.25) is 5.02 Å². The van der Waals surface area contributed by atoms with Crippen molar-refractivity contribution in [3.05, 3.63) is 86.8 Å². The van der Waals surface area contributed by atoms with Gasteiger partial charge in [0.15, 0.2) is 11.5 Å². The molecule has 0 aliphatic carbocycles. The molecule has 3 aromatic rings. The van der Waals surface area contributed by atoms with E-state index in [4.69, 9.17) is 21.1 Å². The van der Waals surface area contributed by atoms with Crippen LogP contribution < -0.4 is 14.8 Å². The molecule has 5 heteroatoms. The average molecular weight is 447 g/mol.